The second kappa shape index (κ2) is 7.17. The number of fused-ring (bicyclic) bond motifs is 3. The fourth-order valence-corrected chi connectivity index (χ4v) is 4.38. The van der Waals surface area contributed by atoms with Crippen LogP contribution in [0.2, 0.25) is 0 Å². The molecule has 27 heavy (non-hydrogen) atoms. The number of carbonyl (C=O) groups excluding carboxylic acids is 1. The Bertz CT molecular complexity index is 817. The van der Waals surface area contributed by atoms with Crippen LogP contribution in [0.3, 0.4) is 0 Å². The van der Waals surface area contributed by atoms with Crippen LogP contribution in [-0.4, -0.2) is 62.9 Å². The first kappa shape index (κ1) is 18.3. The predicted octanol–water partition coefficient (Wildman–Crippen LogP) is 2.19. The van der Waals surface area contributed by atoms with E-state index in [9.17, 15) is 4.79 Å². The van der Waals surface area contributed by atoms with E-state index in [1.165, 1.54) is 12.8 Å². The molecule has 0 saturated carbocycles. The zero-order valence-corrected chi connectivity index (χ0v) is 16.5. The van der Waals surface area contributed by atoms with Gasteiger partial charge in [-0.25, -0.2) is 9.97 Å². The number of hydrogen-bond acceptors (Lipinski definition) is 5. The number of hydrogen-bond donors (Lipinski definition) is 1. The first-order chi connectivity index (χ1) is 12.9. The van der Waals surface area contributed by atoms with Crippen molar-refractivity contribution in [1.82, 2.24) is 25.1 Å². The van der Waals surface area contributed by atoms with Crippen LogP contribution >= 0.6 is 0 Å². The molecule has 6 nitrogen and oxygen atoms in total. The van der Waals surface area contributed by atoms with Crippen molar-refractivity contribution in [2.24, 2.45) is 0 Å². The third kappa shape index (κ3) is 4.28. The van der Waals surface area contributed by atoms with Crippen LogP contribution in [0.1, 0.15) is 39.4 Å². The van der Waals surface area contributed by atoms with Crippen molar-refractivity contribution < 1.29 is 4.79 Å². The minimum atomic E-state index is -0.175. The normalized spacial score (nSPS) is 23.7. The lowest BCUT2D eigenvalue weighted by Crippen LogP contribution is -2.56. The van der Waals surface area contributed by atoms with E-state index >= 15 is 0 Å². The highest BCUT2D eigenvalue weighted by atomic mass is 16.2. The van der Waals surface area contributed by atoms with E-state index in [0.29, 0.717) is 18.6 Å². The SMILES string of the molecule is CC(C)(C)NC(=O)CN1C2CCC1CN(Cc1ncc3ccccc3n1)C2. The summed E-state index contributed by atoms with van der Waals surface area (Å²) in [6.45, 7) is 9.33. The lowest BCUT2D eigenvalue weighted by molar-refractivity contribution is -0.125. The van der Waals surface area contributed by atoms with E-state index in [-0.39, 0.29) is 11.4 Å². The van der Waals surface area contributed by atoms with Gasteiger partial charge in [0.15, 0.2) is 0 Å². The average molecular weight is 367 g/mol. The third-order valence-electron chi connectivity index (χ3n) is 5.45. The summed E-state index contributed by atoms with van der Waals surface area (Å²) in [5, 5.41) is 4.17. The fraction of sp³-hybridized carbons (Fsp3) is 0.571. The van der Waals surface area contributed by atoms with Crippen LogP contribution < -0.4 is 5.32 Å². The molecule has 0 aliphatic carbocycles. The minimum absolute atomic E-state index is 0.130. The molecule has 6 heteroatoms. The average Bonchev–Trinajstić information content (AvgIpc) is 2.83. The molecule has 1 aromatic heterocycles. The number of nitrogens with one attached hydrogen (secondary N) is 1. The van der Waals surface area contributed by atoms with E-state index in [0.717, 1.165) is 36.4 Å². The first-order valence-corrected chi connectivity index (χ1v) is 9.87. The summed E-state index contributed by atoms with van der Waals surface area (Å²) >= 11 is 0. The number of benzene rings is 1. The van der Waals surface area contributed by atoms with Gasteiger partial charge in [0.2, 0.25) is 5.91 Å². The molecular weight excluding hydrogens is 338 g/mol. The zero-order chi connectivity index (χ0) is 19.0. The molecule has 2 unspecified atom stereocenters. The van der Waals surface area contributed by atoms with Gasteiger partial charge in [0.05, 0.1) is 18.6 Å². The Balaban J connectivity index is 1.38. The number of amides is 1. The lowest BCUT2D eigenvalue weighted by Gasteiger charge is -2.40. The van der Waals surface area contributed by atoms with E-state index in [4.69, 9.17) is 4.98 Å². The smallest absolute Gasteiger partial charge is 0.234 e. The molecule has 2 saturated heterocycles. The summed E-state index contributed by atoms with van der Waals surface area (Å²) in [5.41, 5.74) is 0.828. The summed E-state index contributed by atoms with van der Waals surface area (Å²) in [7, 11) is 0. The first-order valence-electron chi connectivity index (χ1n) is 9.87. The summed E-state index contributed by atoms with van der Waals surface area (Å²) in [5.74, 6) is 1.01. The van der Waals surface area contributed by atoms with E-state index in [1.807, 2.05) is 51.2 Å². The molecular formula is C21H29N5O. The molecule has 2 aromatic rings. The number of carbonyl (C=O) groups is 1. The minimum Gasteiger partial charge on any atom is -0.350 e. The maximum absolute atomic E-state index is 12.4. The van der Waals surface area contributed by atoms with Crippen molar-refractivity contribution in [2.75, 3.05) is 19.6 Å². The Labute approximate surface area is 161 Å². The second-order valence-electron chi connectivity index (χ2n) is 8.89. The predicted molar refractivity (Wildman–Crippen MR) is 106 cm³/mol. The van der Waals surface area contributed by atoms with Crippen molar-refractivity contribution in [3.05, 3.63) is 36.3 Å². The lowest BCUT2D eigenvalue weighted by atomic mass is 10.1. The molecule has 1 aromatic carbocycles. The van der Waals surface area contributed by atoms with Gasteiger partial charge in [0.1, 0.15) is 5.82 Å². The zero-order valence-electron chi connectivity index (χ0n) is 16.5. The van der Waals surface area contributed by atoms with E-state index < -0.39 is 0 Å². The van der Waals surface area contributed by atoms with Crippen LogP contribution in [-0.2, 0) is 11.3 Å². The standard InChI is InChI=1S/C21H29N5O/c1-21(2,3)24-20(27)14-26-16-8-9-17(26)12-25(11-16)13-19-22-10-15-6-4-5-7-18(15)23-19/h4-7,10,16-17H,8-9,11-14H2,1-3H3,(H,24,27). The molecule has 2 bridgehead atoms. The monoisotopic (exact) mass is 367 g/mol. The third-order valence-corrected chi connectivity index (χ3v) is 5.45. The van der Waals surface area contributed by atoms with Crippen molar-refractivity contribution in [3.63, 3.8) is 0 Å². The van der Waals surface area contributed by atoms with Gasteiger partial charge in [-0.15, -0.1) is 0 Å². The van der Waals surface area contributed by atoms with Crippen molar-refractivity contribution in [1.29, 1.82) is 0 Å². The Hall–Kier alpha value is -2.05. The fourth-order valence-electron chi connectivity index (χ4n) is 4.38. The van der Waals surface area contributed by atoms with Gasteiger partial charge < -0.3 is 5.32 Å². The van der Waals surface area contributed by atoms with Crippen LogP contribution in [0.5, 0.6) is 0 Å². The number of para-hydroxylation sites is 1. The summed E-state index contributed by atoms with van der Waals surface area (Å²) in [4.78, 5) is 26.5. The van der Waals surface area contributed by atoms with Gasteiger partial charge in [-0.3, -0.25) is 14.6 Å². The van der Waals surface area contributed by atoms with Gasteiger partial charge in [-0.05, 0) is 39.7 Å². The molecule has 144 valence electrons. The Morgan fingerprint density at radius 1 is 1.19 bits per heavy atom. The number of aromatic nitrogens is 2. The van der Waals surface area contributed by atoms with Crippen molar-refractivity contribution >= 4 is 16.8 Å². The van der Waals surface area contributed by atoms with E-state index in [2.05, 4.69) is 20.1 Å². The molecule has 2 atom stereocenters. The van der Waals surface area contributed by atoms with Crippen LogP contribution in [0.4, 0.5) is 0 Å². The molecule has 2 aliphatic rings. The summed E-state index contributed by atoms with van der Waals surface area (Å²) in [6.07, 6.45) is 4.25. The topological polar surface area (TPSA) is 61.4 Å². The highest BCUT2D eigenvalue weighted by Crippen LogP contribution is 2.30. The molecule has 0 spiro atoms. The molecule has 2 aliphatic heterocycles. The second-order valence-corrected chi connectivity index (χ2v) is 8.89. The summed E-state index contributed by atoms with van der Waals surface area (Å²) in [6, 6.07) is 9.01. The molecule has 1 N–H and O–H groups in total. The largest absolute Gasteiger partial charge is 0.350 e. The summed E-state index contributed by atoms with van der Waals surface area (Å²) < 4.78 is 0. The highest BCUT2D eigenvalue weighted by molar-refractivity contribution is 5.79. The van der Waals surface area contributed by atoms with Gasteiger partial charge in [-0.2, -0.15) is 0 Å². The number of nitrogens with zero attached hydrogens (tertiary/aromatic N) is 4. The van der Waals surface area contributed by atoms with Crippen LogP contribution in [0.15, 0.2) is 30.5 Å². The highest BCUT2D eigenvalue weighted by Gasteiger charge is 2.40. The van der Waals surface area contributed by atoms with Gasteiger partial charge in [-0.1, -0.05) is 18.2 Å². The van der Waals surface area contributed by atoms with Gasteiger partial charge in [0, 0.05) is 42.3 Å². The number of piperazine rings is 1. The van der Waals surface area contributed by atoms with E-state index in [1.54, 1.807) is 0 Å². The molecule has 0 radical (unpaired) electrons. The maximum Gasteiger partial charge on any atom is 0.234 e. The molecule has 3 heterocycles. The molecule has 1 amide bonds. The Morgan fingerprint density at radius 3 is 2.59 bits per heavy atom. The van der Waals surface area contributed by atoms with Crippen molar-refractivity contribution in [3.8, 4) is 0 Å². The molecule has 2 fully saturated rings. The van der Waals surface area contributed by atoms with Crippen LogP contribution in [0.25, 0.3) is 10.9 Å². The molecule has 4 rings (SSSR count). The Kier molecular flexibility index (Phi) is 4.86. The number of rotatable bonds is 4. The quantitative estimate of drug-likeness (QED) is 0.898. The maximum atomic E-state index is 12.4. The van der Waals surface area contributed by atoms with Crippen LogP contribution in [0, 0.1) is 0 Å². The number of likely N-dealkylation sites (tertiary alicyclic amines) is 1. The Morgan fingerprint density at radius 2 is 1.89 bits per heavy atom. The van der Waals surface area contributed by atoms with Gasteiger partial charge in [0.25, 0.3) is 0 Å². The van der Waals surface area contributed by atoms with Crippen molar-refractivity contribution in [2.45, 2.75) is 57.8 Å². The van der Waals surface area contributed by atoms with Gasteiger partial charge >= 0.3 is 0 Å².